The van der Waals surface area contributed by atoms with Crippen molar-refractivity contribution in [1.82, 2.24) is 5.32 Å². The van der Waals surface area contributed by atoms with Crippen LogP contribution in [0.15, 0.2) is 18.2 Å². The van der Waals surface area contributed by atoms with Gasteiger partial charge in [-0.1, -0.05) is 6.07 Å². The van der Waals surface area contributed by atoms with E-state index in [0.29, 0.717) is 12.4 Å². The topological polar surface area (TPSA) is 50.7 Å². The van der Waals surface area contributed by atoms with E-state index < -0.39 is 0 Å². The lowest BCUT2D eigenvalue weighted by atomic mass is 10.1. The molecule has 0 heterocycles. The standard InChI is InChI=1S/C12H19NO3/c1-9(13-6-7-15-2)10-4-5-11(14)12(8-10)16-3/h4-5,8-9,13-14H,6-7H2,1-3H3. The van der Waals surface area contributed by atoms with E-state index in [1.54, 1.807) is 20.3 Å². The highest BCUT2D eigenvalue weighted by Crippen LogP contribution is 2.28. The Labute approximate surface area is 96.2 Å². The molecule has 0 aliphatic carbocycles. The first kappa shape index (κ1) is 12.8. The molecule has 0 bridgehead atoms. The largest absolute Gasteiger partial charge is 0.504 e. The van der Waals surface area contributed by atoms with Gasteiger partial charge in [-0.3, -0.25) is 0 Å². The minimum absolute atomic E-state index is 0.162. The fraction of sp³-hybridized carbons (Fsp3) is 0.500. The van der Waals surface area contributed by atoms with Crippen LogP contribution >= 0.6 is 0 Å². The molecule has 16 heavy (non-hydrogen) atoms. The van der Waals surface area contributed by atoms with Crippen molar-refractivity contribution in [2.45, 2.75) is 13.0 Å². The van der Waals surface area contributed by atoms with Crippen molar-refractivity contribution in [2.75, 3.05) is 27.4 Å². The summed E-state index contributed by atoms with van der Waals surface area (Å²) in [5, 5.41) is 12.8. The number of phenols is 1. The summed E-state index contributed by atoms with van der Waals surface area (Å²) in [6, 6.07) is 5.55. The third-order valence-corrected chi connectivity index (χ3v) is 2.46. The molecule has 0 amide bonds. The van der Waals surface area contributed by atoms with Crippen LogP contribution in [0, 0.1) is 0 Å². The van der Waals surface area contributed by atoms with E-state index in [1.807, 2.05) is 12.1 Å². The Bertz CT molecular complexity index is 328. The van der Waals surface area contributed by atoms with Gasteiger partial charge >= 0.3 is 0 Å². The Morgan fingerprint density at radius 1 is 1.38 bits per heavy atom. The summed E-state index contributed by atoms with van der Waals surface area (Å²) < 4.78 is 10.0. The molecule has 1 unspecified atom stereocenters. The molecule has 0 fully saturated rings. The second-order valence-electron chi connectivity index (χ2n) is 3.60. The summed E-state index contributed by atoms with van der Waals surface area (Å²) in [5.41, 5.74) is 1.07. The van der Waals surface area contributed by atoms with E-state index in [2.05, 4.69) is 12.2 Å². The first-order chi connectivity index (χ1) is 7.69. The van der Waals surface area contributed by atoms with Crippen molar-refractivity contribution in [3.63, 3.8) is 0 Å². The zero-order valence-electron chi connectivity index (χ0n) is 9.99. The summed E-state index contributed by atoms with van der Waals surface area (Å²) in [6.07, 6.45) is 0. The molecule has 1 aromatic carbocycles. The number of aromatic hydroxyl groups is 1. The first-order valence-electron chi connectivity index (χ1n) is 5.28. The summed E-state index contributed by atoms with van der Waals surface area (Å²) in [5.74, 6) is 0.660. The lowest BCUT2D eigenvalue weighted by Gasteiger charge is -2.15. The summed E-state index contributed by atoms with van der Waals surface area (Å²) in [6.45, 7) is 3.53. The summed E-state index contributed by atoms with van der Waals surface area (Å²) in [4.78, 5) is 0. The predicted octanol–water partition coefficient (Wildman–Crippen LogP) is 1.70. The highest BCUT2D eigenvalue weighted by Gasteiger charge is 2.08. The van der Waals surface area contributed by atoms with Gasteiger partial charge in [0.2, 0.25) is 0 Å². The zero-order valence-corrected chi connectivity index (χ0v) is 9.99. The molecule has 0 saturated carbocycles. The number of ether oxygens (including phenoxy) is 2. The van der Waals surface area contributed by atoms with Crippen LogP contribution in [-0.4, -0.2) is 32.5 Å². The molecular weight excluding hydrogens is 206 g/mol. The van der Waals surface area contributed by atoms with Crippen LogP contribution in [0.1, 0.15) is 18.5 Å². The minimum atomic E-state index is 0.162. The maximum Gasteiger partial charge on any atom is 0.160 e. The monoisotopic (exact) mass is 225 g/mol. The Morgan fingerprint density at radius 3 is 2.75 bits per heavy atom. The van der Waals surface area contributed by atoms with E-state index in [0.717, 1.165) is 12.1 Å². The average Bonchev–Trinajstić information content (AvgIpc) is 2.30. The number of hydrogen-bond acceptors (Lipinski definition) is 4. The number of benzene rings is 1. The number of rotatable bonds is 6. The second-order valence-corrected chi connectivity index (χ2v) is 3.60. The van der Waals surface area contributed by atoms with Gasteiger partial charge < -0.3 is 19.9 Å². The van der Waals surface area contributed by atoms with Crippen LogP contribution in [0.3, 0.4) is 0 Å². The number of hydrogen-bond donors (Lipinski definition) is 2. The fourth-order valence-corrected chi connectivity index (χ4v) is 1.46. The first-order valence-corrected chi connectivity index (χ1v) is 5.28. The maximum absolute atomic E-state index is 9.47. The molecule has 2 N–H and O–H groups in total. The van der Waals surface area contributed by atoms with Crippen molar-refractivity contribution in [3.05, 3.63) is 23.8 Å². The van der Waals surface area contributed by atoms with Gasteiger partial charge in [0.25, 0.3) is 0 Å². The van der Waals surface area contributed by atoms with Crippen LogP contribution < -0.4 is 10.1 Å². The Morgan fingerprint density at radius 2 is 2.12 bits per heavy atom. The molecule has 90 valence electrons. The molecule has 0 aliphatic rings. The van der Waals surface area contributed by atoms with Crippen molar-refractivity contribution in [1.29, 1.82) is 0 Å². The lowest BCUT2D eigenvalue weighted by molar-refractivity contribution is 0.196. The number of phenolic OH excluding ortho intramolecular Hbond substituents is 1. The molecule has 4 heteroatoms. The maximum atomic E-state index is 9.47. The van der Waals surface area contributed by atoms with E-state index >= 15 is 0 Å². The normalized spacial score (nSPS) is 12.4. The van der Waals surface area contributed by atoms with E-state index in [9.17, 15) is 5.11 Å². The third kappa shape index (κ3) is 3.40. The number of methoxy groups -OCH3 is 2. The van der Waals surface area contributed by atoms with Crippen molar-refractivity contribution in [3.8, 4) is 11.5 Å². The highest BCUT2D eigenvalue weighted by atomic mass is 16.5. The van der Waals surface area contributed by atoms with Gasteiger partial charge in [-0.25, -0.2) is 0 Å². The van der Waals surface area contributed by atoms with E-state index in [4.69, 9.17) is 9.47 Å². The third-order valence-electron chi connectivity index (χ3n) is 2.46. The quantitative estimate of drug-likeness (QED) is 0.723. The zero-order chi connectivity index (χ0) is 12.0. The SMILES string of the molecule is COCCNC(C)c1ccc(O)c(OC)c1. The molecule has 0 radical (unpaired) electrons. The van der Waals surface area contributed by atoms with Crippen molar-refractivity contribution in [2.24, 2.45) is 0 Å². The molecule has 0 aliphatic heterocycles. The molecule has 1 atom stereocenters. The Kier molecular flexibility index (Phi) is 5.08. The summed E-state index contributed by atoms with van der Waals surface area (Å²) >= 11 is 0. The smallest absolute Gasteiger partial charge is 0.160 e. The van der Waals surface area contributed by atoms with Gasteiger partial charge in [-0.05, 0) is 24.6 Å². The molecular formula is C12H19NO3. The molecule has 0 saturated heterocycles. The fourth-order valence-electron chi connectivity index (χ4n) is 1.46. The average molecular weight is 225 g/mol. The van der Waals surface area contributed by atoms with Crippen LogP contribution in [0.25, 0.3) is 0 Å². The van der Waals surface area contributed by atoms with E-state index in [-0.39, 0.29) is 11.8 Å². The van der Waals surface area contributed by atoms with E-state index in [1.165, 1.54) is 0 Å². The van der Waals surface area contributed by atoms with Crippen LogP contribution in [-0.2, 0) is 4.74 Å². The van der Waals surface area contributed by atoms with Crippen molar-refractivity contribution >= 4 is 0 Å². The van der Waals surface area contributed by atoms with Crippen LogP contribution in [0.5, 0.6) is 11.5 Å². The predicted molar refractivity (Wildman–Crippen MR) is 63.0 cm³/mol. The van der Waals surface area contributed by atoms with Crippen LogP contribution in [0.2, 0.25) is 0 Å². The van der Waals surface area contributed by atoms with Gasteiger partial charge in [0.15, 0.2) is 11.5 Å². The van der Waals surface area contributed by atoms with Crippen molar-refractivity contribution < 1.29 is 14.6 Å². The van der Waals surface area contributed by atoms with Crippen LogP contribution in [0.4, 0.5) is 0 Å². The molecule has 0 aromatic heterocycles. The second kappa shape index (κ2) is 6.35. The van der Waals surface area contributed by atoms with Gasteiger partial charge in [-0.2, -0.15) is 0 Å². The highest BCUT2D eigenvalue weighted by molar-refractivity contribution is 5.42. The van der Waals surface area contributed by atoms with Gasteiger partial charge in [0, 0.05) is 19.7 Å². The molecule has 0 spiro atoms. The number of nitrogens with one attached hydrogen (secondary N) is 1. The van der Waals surface area contributed by atoms with Gasteiger partial charge in [0.05, 0.1) is 13.7 Å². The minimum Gasteiger partial charge on any atom is -0.504 e. The lowest BCUT2D eigenvalue weighted by Crippen LogP contribution is -2.22. The molecule has 4 nitrogen and oxygen atoms in total. The summed E-state index contributed by atoms with van der Waals surface area (Å²) in [7, 11) is 3.22. The molecule has 1 rings (SSSR count). The van der Waals surface area contributed by atoms with Gasteiger partial charge in [-0.15, -0.1) is 0 Å². The van der Waals surface area contributed by atoms with Gasteiger partial charge in [0.1, 0.15) is 0 Å². The molecule has 1 aromatic rings. The Balaban J connectivity index is 2.64. The Hall–Kier alpha value is -1.26.